The van der Waals surface area contributed by atoms with Gasteiger partial charge in [0, 0.05) is 5.69 Å². The molecule has 0 aromatic heterocycles. The third-order valence-electron chi connectivity index (χ3n) is 3.35. The Morgan fingerprint density at radius 2 is 2.04 bits per heavy atom. The molecule has 1 aliphatic heterocycles. The van der Waals surface area contributed by atoms with Gasteiger partial charge in [0.2, 0.25) is 0 Å². The van der Waals surface area contributed by atoms with E-state index in [-0.39, 0.29) is 12.0 Å². The number of hydrogen-bond donors (Lipinski definition) is 4. The number of anilines is 1. The first-order valence-electron chi connectivity index (χ1n) is 7.28. The summed E-state index contributed by atoms with van der Waals surface area (Å²) in [5.41, 5.74) is 0.557. The maximum atomic E-state index is 9.79. The van der Waals surface area contributed by atoms with Crippen molar-refractivity contribution in [1.82, 2.24) is 0 Å². The van der Waals surface area contributed by atoms with Crippen molar-refractivity contribution in [2.24, 2.45) is 4.99 Å². The zero-order valence-corrected chi connectivity index (χ0v) is 13.9. The smallest absolute Gasteiger partial charge is 0.163 e. The fourth-order valence-corrected chi connectivity index (χ4v) is 2.95. The van der Waals surface area contributed by atoms with Gasteiger partial charge in [-0.15, -0.1) is 0 Å². The number of aliphatic imine (C=N–C) groups is 1. The summed E-state index contributed by atoms with van der Waals surface area (Å²) in [7, 11) is 1.61. The number of methoxy groups -OCH3 is 1. The Kier molecular flexibility index (Phi) is 6.67. The lowest BCUT2D eigenvalue weighted by Crippen LogP contribution is -2.41. The van der Waals surface area contributed by atoms with Crippen molar-refractivity contribution >= 4 is 22.6 Å². The molecule has 0 saturated heterocycles. The van der Waals surface area contributed by atoms with E-state index in [0.717, 1.165) is 11.4 Å². The number of nitrogens with zero attached hydrogens (tertiary/aromatic N) is 1. The third kappa shape index (κ3) is 5.08. The Hall–Kier alpha value is -1.32. The highest BCUT2D eigenvalue weighted by Crippen LogP contribution is 2.26. The van der Waals surface area contributed by atoms with Gasteiger partial charge in [-0.05, 0) is 31.2 Å². The summed E-state index contributed by atoms with van der Waals surface area (Å²) >= 11 is 1.37. The average molecular weight is 342 g/mol. The Labute approximate surface area is 139 Å². The Morgan fingerprint density at radius 1 is 1.35 bits per heavy atom. The standard InChI is InChI=1S/C15H22N2O5S/c1-9(19)14(20)12(8-18)22-13-7-16-15(23-13)17-10-3-5-11(21-2)6-4-10/h3-6,9,12-14,18-20H,7-8H2,1-2H3,(H,16,17)/t9-,12-,13?,14+/m1/s1. The van der Waals surface area contributed by atoms with Gasteiger partial charge in [0.05, 0.1) is 26.4 Å². The monoisotopic (exact) mass is 342 g/mol. The molecular weight excluding hydrogens is 320 g/mol. The fraction of sp³-hybridized carbons (Fsp3) is 0.533. The quantitative estimate of drug-likeness (QED) is 0.577. The molecule has 0 radical (unpaired) electrons. The fourth-order valence-electron chi connectivity index (χ4n) is 2.03. The SMILES string of the molecule is COc1ccc(NC2=NCC(O[C@H](CO)[C@@H](O)[C@@H](C)O)S2)cc1. The molecule has 0 spiro atoms. The summed E-state index contributed by atoms with van der Waals surface area (Å²) in [5, 5.41) is 32.3. The van der Waals surface area contributed by atoms with Crippen LogP contribution in [0.5, 0.6) is 5.75 Å². The number of nitrogens with one attached hydrogen (secondary N) is 1. The molecule has 4 N–H and O–H groups in total. The number of ether oxygens (including phenoxy) is 2. The van der Waals surface area contributed by atoms with Crippen molar-refractivity contribution in [1.29, 1.82) is 0 Å². The van der Waals surface area contributed by atoms with E-state index in [1.54, 1.807) is 7.11 Å². The lowest BCUT2D eigenvalue weighted by molar-refractivity contribution is -0.107. The van der Waals surface area contributed by atoms with Crippen LogP contribution in [0.1, 0.15) is 6.92 Å². The number of benzene rings is 1. The van der Waals surface area contributed by atoms with E-state index >= 15 is 0 Å². The van der Waals surface area contributed by atoms with Gasteiger partial charge in [0.15, 0.2) is 5.17 Å². The lowest BCUT2D eigenvalue weighted by Gasteiger charge is -2.25. The minimum Gasteiger partial charge on any atom is -0.497 e. The molecule has 4 atom stereocenters. The zero-order chi connectivity index (χ0) is 16.8. The second-order valence-corrected chi connectivity index (χ2v) is 6.28. The molecule has 1 aliphatic rings. The molecule has 0 fully saturated rings. The number of aliphatic hydroxyl groups is 3. The van der Waals surface area contributed by atoms with Crippen molar-refractivity contribution in [2.75, 3.05) is 25.6 Å². The zero-order valence-electron chi connectivity index (χ0n) is 13.0. The minimum atomic E-state index is -1.14. The second kappa shape index (κ2) is 8.51. The number of amidine groups is 1. The minimum absolute atomic E-state index is 0.318. The van der Waals surface area contributed by atoms with Gasteiger partial charge in [-0.1, -0.05) is 11.8 Å². The van der Waals surface area contributed by atoms with E-state index in [4.69, 9.17) is 9.47 Å². The van der Waals surface area contributed by atoms with Crippen molar-refractivity contribution in [3.8, 4) is 5.75 Å². The van der Waals surface area contributed by atoms with Gasteiger partial charge in [-0.25, -0.2) is 0 Å². The van der Waals surface area contributed by atoms with E-state index in [9.17, 15) is 15.3 Å². The number of rotatable bonds is 7. The summed E-state index contributed by atoms with van der Waals surface area (Å²) < 4.78 is 10.7. The molecular formula is C15H22N2O5S. The van der Waals surface area contributed by atoms with Crippen LogP contribution in [0.2, 0.25) is 0 Å². The summed E-state index contributed by atoms with van der Waals surface area (Å²) in [6.45, 7) is 1.49. The molecule has 0 bridgehead atoms. The Bertz CT molecular complexity index is 523. The van der Waals surface area contributed by atoms with Gasteiger partial charge in [-0.3, -0.25) is 4.99 Å². The highest BCUT2D eigenvalue weighted by atomic mass is 32.2. The van der Waals surface area contributed by atoms with Gasteiger partial charge in [-0.2, -0.15) is 0 Å². The first-order valence-corrected chi connectivity index (χ1v) is 8.16. The topological polar surface area (TPSA) is 104 Å². The van der Waals surface area contributed by atoms with Crippen LogP contribution >= 0.6 is 11.8 Å². The summed E-state index contributed by atoms with van der Waals surface area (Å²) in [6.07, 6.45) is -2.96. The maximum absolute atomic E-state index is 9.79. The number of aliphatic hydroxyl groups excluding tert-OH is 3. The van der Waals surface area contributed by atoms with Crippen LogP contribution in [0.3, 0.4) is 0 Å². The van der Waals surface area contributed by atoms with Gasteiger partial charge in [0.25, 0.3) is 0 Å². The average Bonchev–Trinajstić information content (AvgIpc) is 2.99. The van der Waals surface area contributed by atoms with Crippen LogP contribution in [-0.4, -0.2) is 64.5 Å². The first-order chi connectivity index (χ1) is 11.0. The molecule has 0 saturated carbocycles. The summed E-state index contributed by atoms with van der Waals surface area (Å²) in [5.74, 6) is 0.774. The Balaban J connectivity index is 1.84. The maximum Gasteiger partial charge on any atom is 0.163 e. The van der Waals surface area contributed by atoms with Crippen molar-refractivity contribution < 1.29 is 24.8 Å². The summed E-state index contributed by atoms with van der Waals surface area (Å²) in [4.78, 5) is 4.33. The van der Waals surface area contributed by atoms with Gasteiger partial charge < -0.3 is 30.1 Å². The molecule has 128 valence electrons. The first kappa shape index (κ1) is 18.0. The molecule has 1 aromatic carbocycles. The molecule has 0 aliphatic carbocycles. The van der Waals surface area contributed by atoms with E-state index < -0.39 is 18.3 Å². The number of hydrogen-bond acceptors (Lipinski definition) is 8. The molecule has 7 nitrogen and oxygen atoms in total. The van der Waals surface area contributed by atoms with Crippen LogP contribution in [0.4, 0.5) is 5.69 Å². The van der Waals surface area contributed by atoms with Crippen LogP contribution in [0, 0.1) is 0 Å². The van der Waals surface area contributed by atoms with E-state index in [0.29, 0.717) is 11.7 Å². The van der Waals surface area contributed by atoms with E-state index in [1.165, 1.54) is 18.7 Å². The van der Waals surface area contributed by atoms with Crippen molar-refractivity contribution in [3.05, 3.63) is 24.3 Å². The third-order valence-corrected chi connectivity index (χ3v) is 4.33. The molecule has 1 heterocycles. The predicted octanol–water partition coefficient (Wildman–Crippen LogP) is 0.655. The molecule has 2 rings (SSSR count). The van der Waals surface area contributed by atoms with E-state index in [2.05, 4.69) is 10.3 Å². The molecule has 1 aromatic rings. The van der Waals surface area contributed by atoms with Crippen LogP contribution in [-0.2, 0) is 4.74 Å². The van der Waals surface area contributed by atoms with Crippen molar-refractivity contribution in [2.45, 2.75) is 30.7 Å². The second-order valence-electron chi connectivity index (χ2n) is 5.14. The molecule has 1 unspecified atom stereocenters. The highest BCUT2D eigenvalue weighted by molar-refractivity contribution is 8.14. The van der Waals surface area contributed by atoms with Crippen LogP contribution < -0.4 is 10.1 Å². The molecule has 8 heteroatoms. The van der Waals surface area contributed by atoms with Gasteiger partial charge >= 0.3 is 0 Å². The summed E-state index contributed by atoms with van der Waals surface area (Å²) in [6, 6.07) is 7.45. The van der Waals surface area contributed by atoms with E-state index in [1.807, 2.05) is 24.3 Å². The highest BCUT2D eigenvalue weighted by Gasteiger charge is 2.29. The Morgan fingerprint density at radius 3 is 2.61 bits per heavy atom. The lowest BCUT2D eigenvalue weighted by atomic mass is 10.1. The van der Waals surface area contributed by atoms with Crippen molar-refractivity contribution in [3.63, 3.8) is 0 Å². The molecule has 0 amide bonds. The van der Waals surface area contributed by atoms with Crippen LogP contribution in [0.25, 0.3) is 0 Å². The largest absolute Gasteiger partial charge is 0.497 e. The van der Waals surface area contributed by atoms with Crippen LogP contribution in [0.15, 0.2) is 29.3 Å². The predicted molar refractivity (Wildman–Crippen MR) is 89.9 cm³/mol. The van der Waals surface area contributed by atoms with Gasteiger partial charge in [0.1, 0.15) is 23.4 Å². The number of thioether (sulfide) groups is 1. The normalized spacial score (nSPS) is 21.4. The molecule has 23 heavy (non-hydrogen) atoms.